The number of Topliss-reactive ketones (excluding diaryl/α,β-unsaturated/α-hetero) is 1. The highest BCUT2D eigenvalue weighted by Crippen LogP contribution is 2.50. The molecule has 0 aliphatic carbocycles. The minimum Gasteiger partial charge on any atom is -0.407 e. The molecule has 4 rings (SSSR count). The Morgan fingerprint density at radius 1 is 1.03 bits per heavy atom. The van der Waals surface area contributed by atoms with E-state index in [1.54, 1.807) is 6.08 Å². The van der Waals surface area contributed by atoms with E-state index < -0.39 is 19.5 Å². The molecular weight excluding hydrogens is 492 g/mol. The Labute approximate surface area is 228 Å². The molecule has 2 aliphatic heterocycles. The first-order chi connectivity index (χ1) is 17.9. The number of ether oxygens (including phenoxy) is 2. The maximum Gasteiger partial charge on any atom is 0.261 e. The van der Waals surface area contributed by atoms with E-state index in [2.05, 4.69) is 69.3 Å². The Balaban J connectivity index is 1.60. The molecule has 2 heterocycles. The van der Waals surface area contributed by atoms with Gasteiger partial charge in [0.15, 0.2) is 11.6 Å². The average molecular weight is 535 g/mol. The van der Waals surface area contributed by atoms with Crippen LogP contribution in [0.5, 0.6) is 0 Å². The molecule has 0 unspecified atom stereocenters. The Hall–Kier alpha value is -2.38. The molecule has 0 N–H and O–H groups in total. The van der Waals surface area contributed by atoms with E-state index in [1.807, 2.05) is 26.0 Å². The van der Waals surface area contributed by atoms with Crippen molar-refractivity contribution in [3.63, 3.8) is 0 Å². The highest BCUT2D eigenvalue weighted by atomic mass is 28.4. The van der Waals surface area contributed by atoms with Gasteiger partial charge in [0.05, 0.1) is 17.6 Å². The van der Waals surface area contributed by atoms with Gasteiger partial charge in [-0.15, -0.1) is 0 Å². The molecular formula is C32H42O5Si. The zero-order chi connectivity index (χ0) is 27.6. The van der Waals surface area contributed by atoms with E-state index in [0.717, 1.165) is 0 Å². The zero-order valence-electron chi connectivity index (χ0n) is 23.7. The van der Waals surface area contributed by atoms with Crippen LogP contribution in [0, 0.1) is 5.41 Å². The van der Waals surface area contributed by atoms with Crippen molar-refractivity contribution >= 4 is 30.3 Å². The Morgan fingerprint density at radius 2 is 1.61 bits per heavy atom. The molecule has 2 aromatic rings. The van der Waals surface area contributed by atoms with Gasteiger partial charge in [0.25, 0.3) is 8.32 Å². The fourth-order valence-corrected chi connectivity index (χ4v) is 10.6. The molecule has 0 radical (unpaired) electrons. The van der Waals surface area contributed by atoms with Gasteiger partial charge in [0, 0.05) is 25.9 Å². The normalized spacial score (nSPS) is 25.5. The molecule has 2 fully saturated rings. The maximum atomic E-state index is 13.0. The standard InChI is InChI=1S/C32H42O5Si/c1-24(33)14-13-20-32-31(5,6)29(34)23-26(37-32)22-25(36-32)19-21-35-38(30(2,3)4,27-15-9-7-10-16-27)28-17-11-8-12-18-28/h7-18,25-26H,19-23H2,1-6H3/b14-13+/t25-,26+,32+/m0/s1. The second-order valence-electron chi connectivity index (χ2n) is 12.2. The lowest BCUT2D eigenvalue weighted by molar-refractivity contribution is -0.363. The zero-order valence-corrected chi connectivity index (χ0v) is 24.7. The number of ketones is 2. The molecule has 0 aromatic heterocycles. The van der Waals surface area contributed by atoms with Gasteiger partial charge in [0.2, 0.25) is 0 Å². The molecule has 204 valence electrons. The van der Waals surface area contributed by atoms with E-state index in [4.69, 9.17) is 13.9 Å². The molecule has 0 saturated carbocycles. The highest BCUT2D eigenvalue weighted by molar-refractivity contribution is 6.99. The molecule has 0 spiro atoms. The van der Waals surface area contributed by atoms with Crippen LogP contribution in [0.2, 0.25) is 5.04 Å². The fourth-order valence-electron chi connectivity index (χ4n) is 6.06. The largest absolute Gasteiger partial charge is 0.407 e. The van der Waals surface area contributed by atoms with E-state index in [-0.39, 0.29) is 28.8 Å². The fraction of sp³-hybridized carbons (Fsp3) is 0.500. The van der Waals surface area contributed by atoms with Crippen molar-refractivity contribution in [2.45, 2.75) is 90.3 Å². The first-order valence-electron chi connectivity index (χ1n) is 13.7. The number of rotatable bonds is 9. The van der Waals surface area contributed by atoms with Crippen LogP contribution in [0.1, 0.15) is 67.2 Å². The number of carbonyl (C=O) groups excluding carboxylic acids is 2. The van der Waals surface area contributed by atoms with Gasteiger partial charge >= 0.3 is 0 Å². The van der Waals surface area contributed by atoms with Crippen LogP contribution >= 0.6 is 0 Å². The Morgan fingerprint density at radius 3 is 2.13 bits per heavy atom. The van der Waals surface area contributed by atoms with E-state index in [1.165, 1.54) is 23.4 Å². The van der Waals surface area contributed by atoms with Gasteiger partial charge in [0.1, 0.15) is 5.78 Å². The summed E-state index contributed by atoms with van der Waals surface area (Å²) in [6, 6.07) is 21.3. The number of hydrogen-bond acceptors (Lipinski definition) is 5. The van der Waals surface area contributed by atoms with Crippen molar-refractivity contribution in [1.29, 1.82) is 0 Å². The van der Waals surface area contributed by atoms with Crippen molar-refractivity contribution in [2.75, 3.05) is 6.61 Å². The number of fused-ring (bicyclic) bond motifs is 2. The predicted octanol–water partition coefficient (Wildman–Crippen LogP) is 5.36. The summed E-state index contributed by atoms with van der Waals surface area (Å²) in [5.74, 6) is -0.977. The summed E-state index contributed by atoms with van der Waals surface area (Å²) < 4.78 is 20.2. The summed E-state index contributed by atoms with van der Waals surface area (Å²) in [6.07, 6.45) is 5.12. The van der Waals surface area contributed by atoms with Gasteiger partial charge < -0.3 is 13.9 Å². The summed E-state index contributed by atoms with van der Waals surface area (Å²) in [5, 5.41) is 2.40. The second-order valence-corrected chi connectivity index (χ2v) is 16.5. The van der Waals surface area contributed by atoms with Gasteiger partial charge in [-0.1, -0.05) is 87.5 Å². The first-order valence-corrected chi connectivity index (χ1v) is 15.6. The van der Waals surface area contributed by atoms with Crippen LogP contribution in [0.4, 0.5) is 0 Å². The monoisotopic (exact) mass is 534 g/mol. The molecule has 2 aromatic carbocycles. The third-order valence-corrected chi connectivity index (χ3v) is 13.3. The Bertz CT molecular complexity index is 1110. The lowest BCUT2D eigenvalue weighted by Crippen LogP contribution is -2.67. The molecule has 5 nitrogen and oxygen atoms in total. The molecule has 2 bridgehead atoms. The van der Waals surface area contributed by atoms with Crippen LogP contribution in [-0.4, -0.2) is 44.5 Å². The van der Waals surface area contributed by atoms with Crippen LogP contribution in [-0.2, 0) is 23.5 Å². The number of benzene rings is 2. The van der Waals surface area contributed by atoms with E-state index in [9.17, 15) is 9.59 Å². The lowest BCUT2D eigenvalue weighted by Gasteiger charge is -2.55. The maximum absolute atomic E-state index is 13.0. The van der Waals surface area contributed by atoms with Crippen LogP contribution < -0.4 is 10.4 Å². The van der Waals surface area contributed by atoms with Gasteiger partial charge in [-0.3, -0.25) is 9.59 Å². The Kier molecular flexibility index (Phi) is 8.29. The SMILES string of the molecule is CC(=O)/C=C/C[C@]12O[C@@H](CCO[Si](c3ccccc3)(c3ccccc3)C(C)(C)C)C[C@H](CC(=O)C1(C)C)O2. The molecule has 38 heavy (non-hydrogen) atoms. The lowest BCUT2D eigenvalue weighted by atomic mass is 9.71. The average Bonchev–Trinajstić information content (AvgIpc) is 2.86. The molecule has 2 saturated heterocycles. The van der Waals surface area contributed by atoms with Crippen molar-refractivity contribution in [3.8, 4) is 0 Å². The topological polar surface area (TPSA) is 61.8 Å². The second kappa shape index (κ2) is 11.0. The van der Waals surface area contributed by atoms with Gasteiger partial charge in [-0.05, 0) is 48.7 Å². The number of hydrogen-bond donors (Lipinski definition) is 0. The van der Waals surface area contributed by atoms with Crippen molar-refractivity contribution in [3.05, 3.63) is 72.8 Å². The molecule has 6 heteroatoms. The first kappa shape index (κ1) is 28.6. The van der Waals surface area contributed by atoms with Gasteiger partial charge in [-0.2, -0.15) is 0 Å². The molecule has 2 aliphatic rings. The van der Waals surface area contributed by atoms with Crippen molar-refractivity contribution in [1.82, 2.24) is 0 Å². The minimum absolute atomic E-state index is 0.0380. The third kappa shape index (κ3) is 5.37. The predicted molar refractivity (Wildman–Crippen MR) is 153 cm³/mol. The third-order valence-electron chi connectivity index (χ3n) is 8.22. The quantitative estimate of drug-likeness (QED) is 0.320. The van der Waals surface area contributed by atoms with Crippen LogP contribution in [0.3, 0.4) is 0 Å². The van der Waals surface area contributed by atoms with E-state index >= 15 is 0 Å². The number of carbonyl (C=O) groups is 2. The number of allylic oxidation sites excluding steroid dienone is 1. The minimum atomic E-state index is -2.64. The van der Waals surface area contributed by atoms with Gasteiger partial charge in [-0.25, -0.2) is 0 Å². The van der Waals surface area contributed by atoms with Crippen molar-refractivity contribution in [2.24, 2.45) is 5.41 Å². The highest BCUT2D eigenvalue weighted by Gasteiger charge is 2.59. The van der Waals surface area contributed by atoms with Crippen molar-refractivity contribution < 1.29 is 23.5 Å². The summed E-state index contributed by atoms with van der Waals surface area (Å²) in [6.45, 7) is 12.7. The smallest absolute Gasteiger partial charge is 0.261 e. The summed E-state index contributed by atoms with van der Waals surface area (Å²) in [4.78, 5) is 24.6. The van der Waals surface area contributed by atoms with E-state index in [0.29, 0.717) is 32.3 Å². The van der Waals surface area contributed by atoms with Crippen LogP contribution in [0.25, 0.3) is 0 Å². The summed E-state index contributed by atoms with van der Waals surface area (Å²) >= 11 is 0. The molecule has 3 atom stereocenters. The van der Waals surface area contributed by atoms with Crippen LogP contribution in [0.15, 0.2) is 72.8 Å². The summed E-state index contributed by atoms with van der Waals surface area (Å²) in [7, 11) is -2.64. The molecule has 0 amide bonds. The summed E-state index contributed by atoms with van der Waals surface area (Å²) in [5.41, 5.74) is -0.817.